The van der Waals surface area contributed by atoms with E-state index in [-0.39, 0.29) is 17.9 Å². The minimum Gasteiger partial charge on any atom is -0.355 e. The molecular weight excluding hydrogens is 316 g/mol. The quantitative estimate of drug-likeness (QED) is 0.732. The van der Waals surface area contributed by atoms with Crippen LogP contribution in [-0.2, 0) is 16.1 Å². The highest BCUT2D eigenvalue weighted by Crippen LogP contribution is 2.07. The van der Waals surface area contributed by atoms with E-state index >= 15 is 0 Å². The molecule has 1 fully saturated rings. The fraction of sp³-hybridized carbons (Fsp3) is 0.579. The van der Waals surface area contributed by atoms with Crippen LogP contribution in [0.3, 0.4) is 0 Å². The van der Waals surface area contributed by atoms with Gasteiger partial charge in [0.2, 0.25) is 11.8 Å². The zero-order chi connectivity index (χ0) is 18.1. The molecule has 2 amide bonds. The predicted octanol–water partition coefficient (Wildman–Crippen LogP) is 0.835. The Labute approximate surface area is 150 Å². The molecule has 2 rings (SSSR count). The maximum Gasteiger partial charge on any atom is 0.237 e. The van der Waals surface area contributed by atoms with Crippen LogP contribution < -0.4 is 10.6 Å². The molecule has 1 aromatic rings. The topological polar surface area (TPSA) is 64.7 Å². The van der Waals surface area contributed by atoms with Gasteiger partial charge in [-0.1, -0.05) is 37.3 Å². The molecule has 1 unspecified atom stereocenters. The molecule has 1 aromatic carbocycles. The van der Waals surface area contributed by atoms with Gasteiger partial charge in [0.05, 0.1) is 12.6 Å². The largest absolute Gasteiger partial charge is 0.355 e. The van der Waals surface area contributed by atoms with Crippen LogP contribution in [0.4, 0.5) is 0 Å². The Bertz CT molecular complexity index is 542. The Morgan fingerprint density at radius 2 is 1.76 bits per heavy atom. The predicted molar refractivity (Wildman–Crippen MR) is 99.1 cm³/mol. The summed E-state index contributed by atoms with van der Waals surface area (Å²) in [7, 11) is 0. The molecule has 6 nitrogen and oxygen atoms in total. The number of hydrogen-bond acceptors (Lipinski definition) is 4. The smallest absolute Gasteiger partial charge is 0.237 e. The third-order valence-corrected chi connectivity index (χ3v) is 4.58. The van der Waals surface area contributed by atoms with Crippen LogP contribution in [0, 0.1) is 0 Å². The molecule has 1 aliphatic heterocycles. The lowest BCUT2D eigenvalue weighted by Crippen LogP contribution is -2.55. The van der Waals surface area contributed by atoms with Crippen LogP contribution in [0.25, 0.3) is 0 Å². The van der Waals surface area contributed by atoms with Gasteiger partial charge in [0.15, 0.2) is 0 Å². The second-order valence-corrected chi connectivity index (χ2v) is 6.54. The molecule has 0 saturated carbocycles. The molecule has 0 radical (unpaired) electrons. The lowest BCUT2D eigenvalue weighted by atomic mass is 10.2. The van der Waals surface area contributed by atoms with Crippen LogP contribution in [0.5, 0.6) is 0 Å². The molecule has 0 aromatic heterocycles. The molecule has 1 heterocycles. The van der Waals surface area contributed by atoms with E-state index in [0.29, 0.717) is 13.1 Å². The summed E-state index contributed by atoms with van der Waals surface area (Å²) in [5.74, 6) is 0.141. The van der Waals surface area contributed by atoms with Crippen molar-refractivity contribution in [1.29, 1.82) is 0 Å². The normalized spacial score (nSPS) is 17.0. The van der Waals surface area contributed by atoms with Crippen molar-refractivity contribution < 1.29 is 9.59 Å². The summed E-state index contributed by atoms with van der Waals surface area (Å²) in [5, 5.41) is 5.91. The summed E-state index contributed by atoms with van der Waals surface area (Å²) in [6, 6.07) is 9.78. The number of rotatable bonds is 8. The fourth-order valence-corrected chi connectivity index (χ4v) is 2.93. The van der Waals surface area contributed by atoms with E-state index in [1.54, 1.807) is 0 Å². The molecule has 0 spiro atoms. The maximum atomic E-state index is 12.4. The van der Waals surface area contributed by atoms with E-state index in [1.807, 2.05) is 44.2 Å². The number of hydrogen-bond donors (Lipinski definition) is 2. The van der Waals surface area contributed by atoms with Crippen molar-refractivity contribution in [3.05, 3.63) is 35.9 Å². The van der Waals surface area contributed by atoms with Gasteiger partial charge < -0.3 is 10.6 Å². The van der Waals surface area contributed by atoms with Gasteiger partial charge in [-0.25, -0.2) is 0 Å². The summed E-state index contributed by atoms with van der Waals surface area (Å²) in [4.78, 5) is 28.5. The zero-order valence-corrected chi connectivity index (χ0v) is 15.3. The third-order valence-electron chi connectivity index (χ3n) is 4.58. The molecule has 0 bridgehead atoms. The number of benzene rings is 1. The minimum absolute atomic E-state index is 0.0537. The van der Waals surface area contributed by atoms with Gasteiger partial charge in [0.25, 0.3) is 0 Å². The van der Waals surface area contributed by atoms with Crippen LogP contribution >= 0.6 is 0 Å². The van der Waals surface area contributed by atoms with Gasteiger partial charge in [0.1, 0.15) is 0 Å². The van der Waals surface area contributed by atoms with Crippen molar-refractivity contribution in [2.75, 3.05) is 39.3 Å². The van der Waals surface area contributed by atoms with E-state index in [0.717, 1.165) is 44.7 Å². The van der Waals surface area contributed by atoms with Crippen molar-refractivity contribution in [2.24, 2.45) is 0 Å². The summed E-state index contributed by atoms with van der Waals surface area (Å²) in [5.41, 5.74) is 1.10. The standard InChI is InChI=1S/C19H30N4O2/c1-3-9-20-18(24)15-22-10-12-23(13-11-22)16(2)19(25)21-14-17-7-5-4-6-8-17/h4-8,16H,3,9-15H2,1-2H3,(H,20,24)(H,21,25). The average Bonchev–Trinajstić information content (AvgIpc) is 2.65. The first-order chi connectivity index (χ1) is 12.1. The SMILES string of the molecule is CCCNC(=O)CN1CCN(C(C)C(=O)NCc2ccccc2)CC1. The van der Waals surface area contributed by atoms with Gasteiger partial charge in [-0.15, -0.1) is 0 Å². The van der Waals surface area contributed by atoms with Crippen LogP contribution in [0.2, 0.25) is 0 Å². The monoisotopic (exact) mass is 346 g/mol. The Morgan fingerprint density at radius 3 is 2.40 bits per heavy atom. The minimum atomic E-state index is -0.153. The molecule has 1 atom stereocenters. The van der Waals surface area contributed by atoms with E-state index in [4.69, 9.17) is 0 Å². The number of amides is 2. The average molecular weight is 346 g/mol. The summed E-state index contributed by atoms with van der Waals surface area (Å²) < 4.78 is 0. The summed E-state index contributed by atoms with van der Waals surface area (Å²) >= 11 is 0. The number of carbonyl (C=O) groups excluding carboxylic acids is 2. The maximum absolute atomic E-state index is 12.4. The number of nitrogens with one attached hydrogen (secondary N) is 2. The second kappa shape index (κ2) is 10.2. The molecule has 6 heteroatoms. The highest BCUT2D eigenvalue weighted by molar-refractivity contribution is 5.81. The van der Waals surface area contributed by atoms with Gasteiger partial charge in [-0.05, 0) is 18.9 Å². The zero-order valence-electron chi connectivity index (χ0n) is 15.3. The van der Waals surface area contributed by atoms with Crippen LogP contribution in [0.15, 0.2) is 30.3 Å². The number of piperazine rings is 1. The molecule has 138 valence electrons. The van der Waals surface area contributed by atoms with Crippen molar-refractivity contribution in [3.8, 4) is 0 Å². The lowest BCUT2D eigenvalue weighted by Gasteiger charge is -2.37. The fourth-order valence-electron chi connectivity index (χ4n) is 2.93. The Kier molecular flexibility index (Phi) is 7.88. The number of carbonyl (C=O) groups is 2. The van der Waals surface area contributed by atoms with E-state index in [9.17, 15) is 9.59 Å². The molecule has 1 saturated heterocycles. The molecule has 25 heavy (non-hydrogen) atoms. The first kappa shape index (κ1) is 19.4. The number of nitrogens with zero attached hydrogens (tertiary/aromatic N) is 2. The van der Waals surface area contributed by atoms with E-state index in [2.05, 4.69) is 20.4 Å². The van der Waals surface area contributed by atoms with Crippen LogP contribution in [-0.4, -0.2) is 66.9 Å². The Balaban J connectivity index is 1.70. The van der Waals surface area contributed by atoms with Gasteiger partial charge >= 0.3 is 0 Å². The summed E-state index contributed by atoms with van der Waals surface area (Å²) in [6.45, 7) is 8.97. The second-order valence-electron chi connectivity index (χ2n) is 6.54. The van der Waals surface area contributed by atoms with Gasteiger partial charge in [-0.2, -0.15) is 0 Å². The van der Waals surface area contributed by atoms with Gasteiger partial charge in [-0.3, -0.25) is 19.4 Å². The highest BCUT2D eigenvalue weighted by Gasteiger charge is 2.26. The van der Waals surface area contributed by atoms with E-state index in [1.165, 1.54) is 0 Å². The Morgan fingerprint density at radius 1 is 1.08 bits per heavy atom. The first-order valence-electron chi connectivity index (χ1n) is 9.15. The molecule has 2 N–H and O–H groups in total. The molecular formula is C19H30N4O2. The first-order valence-corrected chi connectivity index (χ1v) is 9.15. The molecule has 0 aliphatic carbocycles. The van der Waals surface area contributed by atoms with Crippen LogP contribution in [0.1, 0.15) is 25.8 Å². The Hall–Kier alpha value is -1.92. The van der Waals surface area contributed by atoms with Gasteiger partial charge in [0, 0.05) is 39.3 Å². The lowest BCUT2D eigenvalue weighted by molar-refractivity contribution is -0.128. The van der Waals surface area contributed by atoms with E-state index < -0.39 is 0 Å². The summed E-state index contributed by atoms with van der Waals surface area (Å²) in [6.07, 6.45) is 0.953. The third kappa shape index (κ3) is 6.48. The molecule has 1 aliphatic rings. The van der Waals surface area contributed by atoms with Crippen molar-refractivity contribution >= 4 is 11.8 Å². The van der Waals surface area contributed by atoms with Crippen molar-refractivity contribution in [3.63, 3.8) is 0 Å². The highest BCUT2D eigenvalue weighted by atomic mass is 16.2. The van der Waals surface area contributed by atoms with Crippen molar-refractivity contribution in [2.45, 2.75) is 32.9 Å². The van der Waals surface area contributed by atoms with Crippen molar-refractivity contribution in [1.82, 2.24) is 20.4 Å².